The van der Waals surface area contributed by atoms with Crippen LogP contribution in [0, 0.1) is 0 Å². The molecule has 0 atom stereocenters. The lowest BCUT2D eigenvalue weighted by molar-refractivity contribution is -0.120. The Labute approximate surface area is 128 Å². The molecule has 0 fully saturated rings. The van der Waals surface area contributed by atoms with Crippen LogP contribution in [0.4, 0.5) is 0 Å². The molecule has 112 valence electrons. The van der Waals surface area contributed by atoms with E-state index in [1.165, 1.54) is 6.42 Å². The molecule has 21 heavy (non-hydrogen) atoms. The molecule has 4 nitrogen and oxygen atoms in total. The largest absolute Gasteiger partial charge is 0.358 e. The van der Waals surface area contributed by atoms with Crippen LogP contribution in [0.5, 0.6) is 0 Å². The molecule has 1 amide bonds. The first-order chi connectivity index (χ1) is 10.1. The third kappa shape index (κ3) is 3.27. The summed E-state index contributed by atoms with van der Waals surface area (Å²) in [6, 6.07) is 3.42. The van der Waals surface area contributed by atoms with Crippen molar-refractivity contribution in [2.75, 3.05) is 6.54 Å². The van der Waals surface area contributed by atoms with Gasteiger partial charge in [-0.2, -0.15) is 0 Å². The number of nitrogens with one attached hydrogen (secondary N) is 2. The molecule has 0 saturated carbocycles. The number of benzene rings is 1. The van der Waals surface area contributed by atoms with Crippen molar-refractivity contribution in [1.82, 2.24) is 10.3 Å². The second kappa shape index (κ2) is 6.76. The molecule has 0 radical (unpaired) electrons. The number of amides is 1. The number of rotatable bonds is 1. The Balaban J connectivity index is 0.000000497. The zero-order chi connectivity index (χ0) is 15.4. The molecule has 2 aromatic rings. The number of aromatic amines is 1. The van der Waals surface area contributed by atoms with E-state index in [0.717, 1.165) is 34.9 Å². The van der Waals surface area contributed by atoms with E-state index in [1.807, 2.05) is 0 Å². The maximum atomic E-state index is 11.6. The van der Waals surface area contributed by atoms with Crippen LogP contribution in [-0.2, 0) is 17.6 Å². The minimum Gasteiger partial charge on any atom is -0.358 e. The van der Waals surface area contributed by atoms with Crippen molar-refractivity contribution in [3.8, 4) is 0 Å². The highest BCUT2D eigenvalue weighted by atomic mass is 35.5. The van der Waals surface area contributed by atoms with Gasteiger partial charge in [0.2, 0.25) is 5.91 Å². The maximum absolute atomic E-state index is 11.6. The van der Waals surface area contributed by atoms with Gasteiger partial charge in [0.1, 0.15) is 0 Å². The Morgan fingerprint density at radius 1 is 1.33 bits per heavy atom. The minimum atomic E-state index is -0.0125. The van der Waals surface area contributed by atoms with Gasteiger partial charge in [-0.05, 0) is 17.7 Å². The van der Waals surface area contributed by atoms with E-state index < -0.39 is 0 Å². The van der Waals surface area contributed by atoms with Crippen LogP contribution in [0.3, 0.4) is 0 Å². The van der Waals surface area contributed by atoms with Crippen LogP contribution in [0.15, 0.2) is 12.1 Å². The van der Waals surface area contributed by atoms with Gasteiger partial charge < -0.3 is 10.3 Å². The topological polar surface area (TPSA) is 62.0 Å². The fraction of sp³-hybridized carbons (Fsp3) is 0.375. The summed E-state index contributed by atoms with van der Waals surface area (Å²) in [5.74, 6) is -0.0125. The summed E-state index contributed by atoms with van der Waals surface area (Å²) in [4.78, 5) is 26.0. The molecule has 2 N–H and O–H groups in total. The molecule has 0 bridgehead atoms. The van der Waals surface area contributed by atoms with E-state index in [4.69, 9.17) is 11.6 Å². The number of carbonyl (C=O) groups excluding carboxylic acids is 2. The van der Waals surface area contributed by atoms with Crippen molar-refractivity contribution in [2.45, 2.75) is 33.1 Å². The molecular weight excluding hydrogens is 288 g/mol. The smallest absolute Gasteiger partial charge is 0.224 e. The summed E-state index contributed by atoms with van der Waals surface area (Å²) in [6.45, 7) is 4.86. The quantitative estimate of drug-likeness (QED) is 0.794. The van der Waals surface area contributed by atoms with Crippen molar-refractivity contribution in [3.05, 3.63) is 34.0 Å². The molecule has 3 rings (SSSR count). The first-order valence-corrected chi connectivity index (χ1v) is 7.53. The van der Waals surface area contributed by atoms with Crippen molar-refractivity contribution in [1.29, 1.82) is 0 Å². The molecule has 0 aliphatic carbocycles. The second-order valence-corrected chi connectivity index (χ2v) is 5.54. The standard InChI is InChI=1S/C13H11ClN2O2.C3H8/c14-8-3-7(6-17)13-9-5-12(18)15-2-1-10(9)16-11(13)4-8;1-3-2/h3-4,6,16H,1-2,5H2,(H,15,18);3H2,1-2H3. The lowest BCUT2D eigenvalue weighted by Crippen LogP contribution is -2.24. The molecular formula is C16H19ClN2O2. The Hall–Kier alpha value is -1.81. The number of halogens is 1. The van der Waals surface area contributed by atoms with Crippen LogP contribution in [0.1, 0.15) is 41.9 Å². The minimum absolute atomic E-state index is 0.0125. The fourth-order valence-electron chi connectivity index (χ4n) is 2.50. The van der Waals surface area contributed by atoms with Crippen LogP contribution in [0.25, 0.3) is 10.9 Å². The molecule has 1 aliphatic heterocycles. The van der Waals surface area contributed by atoms with E-state index in [0.29, 0.717) is 23.6 Å². The number of hydrogen-bond acceptors (Lipinski definition) is 2. The SMILES string of the molecule is CCC.O=Cc1cc(Cl)cc2[nH]c3c(c12)CC(=O)NCC3. The van der Waals surface area contributed by atoms with Gasteiger partial charge in [0.05, 0.1) is 6.42 Å². The molecule has 1 aromatic carbocycles. The monoisotopic (exact) mass is 306 g/mol. The maximum Gasteiger partial charge on any atom is 0.224 e. The average molecular weight is 307 g/mol. The molecule has 0 spiro atoms. The van der Waals surface area contributed by atoms with Crippen molar-refractivity contribution in [3.63, 3.8) is 0 Å². The Morgan fingerprint density at radius 2 is 2.05 bits per heavy atom. The molecule has 5 heteroatoms. The van der Waals surface area contributed by atoms with Gasteiger partial charge >= 0.3 is 0 Å². The second-order valence-electron chi connectivity index (χ2n) is 5.10. The van der Waals surface area contributed by atoms with Crippen LogP contribution in [0.2, 0.25) is 5.02 Å². The third-order valence-electron chi connectivity index (χ3n) is 3.25. The first-order valence-electron chi connectivity index (χ1n) is 7.15. The van der Waals surface area contributed by atoms with Gasteiger partial charge in [-0.3, -0.25) is 9.59 Å². The highest BCUT2D eigenvalue weighted by Gasteiger charge is 2.20. The normalized spacial score (nSPS) is 13.8. The lowest BCUT2D eigenvalue weighted by atomic mass is 10.0. The van der Waals surface area contributed by atoms with Crippen molar-refractivity contribution >= 4 is 34.7 Å². The summed E-state index contributed by atoms with van der Waals surface area (Å²) >= 11 is 5.97. The number of fused-ring (bicyclic) bond motifs is 3. The molecule has 0 saturated heterocycles. The van der Waals surface area contributed by atoms with Gasteiger partial charge in [0, 0.05) is 40.1 Å². The molecule has 2 heterocycles. The fourth-order valence-corrected chi connectivity index (χ4v) is 2.73. The lowest BCUT2D eigenvalue weighted by Gasteiger charge is -2.01. The van der Waals surface area contributed by atoms with Crippen molar-refractivity contribution < 1.29 is 9.59 Å². The predicted molar refractivity (Wildman–Crippen MR) is 85.1 cm³/mol. The molecule has 1 aromatic heterocycles. The first kappa shape index (κ1) is 15.6. The third-order valence-corrected chi connectivity index (χ3v) is 3.46. The molecule has 0 unspecified atom stereocenters. The summed E-state index contributed by atoms with van der Waals surface area (Å²) in [5.41, 5.74) is 3.28. The van der Waals surface area contributed by atoms with Gasteiger partial charge in [-0.25, -0.2) is 0 Å². The number of aromatic nitrogens is 1. The number of carbonyl (C=O) groups is 2. The Kier molecular flexibility index (Phi) is 5.02. The molecule has 1 aliphatic rings. The number of H-pyrrole nitrogens is 1. The summed E-state index contributed by atoms with van der Waals surface area (Å²) in [5, 5.41) is 4.16. The highest BCUT2D eigenvalue weighted by Crippen LogP contribution is 2.30. The Bertz CT molecular complexity index is 676. The van der Waals surface area contributed by atoms with E-state index in [1.54, 1.807) is 12.1 Å². The average Bonchev–Trinajstić information content (AvgIpc) is 2.65. The zero-order valence-corrected chi connectivity index (χ0v) is 13.0. The van der Waals surface area contributed by atoms with Gasteiger partial charge in [0.15, 0.2) is 6.29 Å². The summed E-state index contributed by atoms with van der Waals surface area (Å²) < 4.78 is 0. The van der Waals surface area contributed by atoms with Gasteiger partial charge in [-0.1, -0.05) is 31.9 Å². The summed E-state index contributed by atoms with van der Waals surface area (Å²) in [6.07, 6.45) is 3.08. The predicted octanol–water partition coefficient (Wildman–Crippen LogP) is 3.26. The van der Waals surface area contributed by atoms with Gasteiger partial charge in [-0.15, -0.1) is 0 Å². The van der Waals surface area contributed by atoms with E-state index in [-0.39, 0.29) is 5.91 Å². The zero-order valence-electron chi connectivity index (χ0n) is 12.3. The van der Waals surface area contributed by atoms with Gasteiger partial charge in [0.25, 0.3) is 0 Å². The van der Waals surface area contributed by atoms with Crippen LogP contribution in [-0.4, -0.2) is 23.7 Å². The van der Waals surface area contributed by atoms with Crippen LogP contribution >= 0.6 is 11.6 Å². The highest BCUT2D eigenvalue weighted by molar-refractivity contribution is 6.31. The Morgan fingerprint density at radius 3 is 2.71 bits per heavy atom. The van der Waals surface area contributed by atoms with E-state index in [2.05, 4.69) is 24.1 Å². The van der Waals surface area contributed by atoms with E-state index >= 15 is 0 Å². The van der Waals surface area contributed by atoms with Crippen LogP contribution < -0.4 is 5.32 Å². The number of aldehydes is 1. The number of hydrogen-bond donors (Lipinski definition) is 2. The van der Waals surface area contributed by atoms with E-state index in [9.17, 15) is 9.59 Å². The van der Waals surface area contributed by atoms with Crippen molar-refractivity contribution in [2.24, 2.45) is 0 Å². The summed E-state index contributed by atoms with van der Waals surface area (Å²) in [7, 11) is 0.